The zero-order chi connectivity index (χ0) is 21.5. The second-order valence-electron chi connectivity index (χ2n) is 7.99. The van der Waals surface area contributed by atoms with Gasteiger partial charge in [-0.2, -0.15) is 5.10 Å². The predicted octanol–water partition coefficient (Wildman–Crippen LogP) is 3.35. The molecular weight excluding hydrogens is 386 g/mol. The van der Waals surface area contributed by atoms with E-state index in [1.807, 2.05) is 11.7 Å². The van der Waals surface area contributed by atoms with Crippen LogP contribution in [0.2, 0.25) is 0 Å². The van der Waals surface area contributed by atoms with Crippen LogP contribution in [-0.2, 0) is 13.1 Å². The molecule has 1 unspecified atom stereocenters. The summed E-state index contributed by atoms with van der Waals surface area (Å²) < 4.78 is 1.82. The number of rotatable bonds is 7. The highest BCUT2D eigenvalue weighted by Gasteiger charge is 2.14. The van der Waals surface area contributed by atoms with Crippen LogP contribution in [0.3, 0.4) is 0 Å². The van der Waals surface area contributed by atoms with Gasteiger partial charge in [0.1, 0.15) is 12.7 Å². The van der Waals surface area contributed by atoms with Crippen LogP contribution in [0.15, 0.2) is 66.2 Å². The lowest BCUT2D eigenvalue weighted by Crippen LogP contribution is -2.38. The first-order chi connectivity index (χ1) is 15.2. The highest BCUT2D eigenvalue weighted by Crippen LogP contribution is 2.24. The lowest BCUT2D eigenvalue weighted by atomic mass is 10.1. The molecule has 3 aromatic rings. The van der Waals surface area contributed by atoms with Crippen LogP contribution in [0.5, 0.6) is 0 Å². The van der Waals surface area contributed by atoms with E-state index >= 15 is 0 Å². The lowest BCUT2D eigenvalue weighted by molar-refractivity contribution is 0.679. The first-order valence-corrected chi connectivity index (χ1v) is 10.9. The van der Waals surface area contributed by atoms with Crippen molar-refractivity contribution in [3.05, 3.63) is 77.9 Å². The van der Waals surface area contributed by atoms with Gasteiger partial charge >= 0.3 is 0 Å². The first-order valence-electron chi connectivity index (χ1n) is 10.9. The maximum absolute atomic E-state index is 4.41. The van der Waals surface area contributed by atoms with E-state index in [2.05, 4.69) is 86.1 Å². The van der Waals surface area contributed by atoms with E-state index in [0.29, 0.717) is 13.1 Å². The molecule has 2 N–H and O–H groups in total. The number of guanidine groups is 1. The molecule has 1 aliphatic heterocycles. The molecule has 0 radical (unpaired) electrons. The normalized spacial score (nSPS) is 15.2. The van der Waals surface area contributed by atoms with Crippen molar-refractivity contribution in [2.45, 2.75) is 38.9 Å². The summed E-state index contributed by atoms with van der Waals surface area (Å²) in [5.74, 6) is 0.792. The summed E-state index contributed by atoms with van der Waals surface area (Å²) in [7, 11) is 1.81. The van der Waals surface area contributed by atoms with Gasteiger partial charge in [-0.1, -0.05) is 36.4 Å². The highest BCUT2D eigenvalue weighted by atomic mass is 15.3. The molecule has 0 bridgehead atoms. The van der Waals surface area contributed by atoms with Crippen molar-refractivity contribution in [2.75, 3.05) is 25.0 Å². The van der Waals surface area contributed by atoms with Crippen LogP contribution in [-0.4, -0.2) is 40.9 Å². The Balaban J connectivity index is 1.34. The average molecular weight is 418 g/mol. The van der Waals surface area contributed by atoms with Gasteiger partial charge in [-0.25, -0.2) is 9.67 Å². The molecule has 1 atom stereocenters. The monoisotopic (exact) mass is 417 g/mol. The molecule has 31 heavy (non-hydrogen) atoms. The van der Waals surface area contributed by atoms with Gasteiger partial charge in [-0.05, 0) is 48.6 Å². The van der Waals surface area contributed by atoms with Gasteiger partial charge in [-0.15, -0.1) is 0 Å². The van der Waals surface area contributed by atoms with Gasteiger partial charge in [0, 0.05) is 32.4 Å². The Kier molecular flexibility index (Phi) is 6.82. The van der Waals surface area contributed by atoms with Gasteiger partial charge in [0.2, 0.25) is 0 Å². The molecule has 162 valence electrons. The van der Waals surface area contributed by atoms with Crippen LogP contribution in [0.1, 0.15) is 42.5 Å². The topological polar surface area (TPSA) is 70.4 Å². The second-order valence-corrected chi connectivity index (χ2v) is 7.99. The molecule has 0 aliphatic carbocycles. The van der Waals surface area contributed by atoms with Crippen molar-refractivity contribution in [3.8, 4) is 0 Å². The van der Waals surface area contributed by atoms with Gasteiger partial charge in [-0.3, -0.25) is 4.99 Å². The lowest BCUT2D eigenvalue weighted by Gasteiger charge is -2.22. The minimum atomic E-state index is 0.160. The maximum atomic E-state index is 4.41. The Hall–Kier alpha value is -3.35. The second kappa shape index (κ2) is 10.1. The number of nitrogens with one attached hydrogen (secondary N) is 2. The van der Waals surface area contributed by atoms with Gasteiger partial charge in [0.05, 0.1) is 12.6 Å². The molecule has 7 heteroatoms. The third-order valence-electron chi connectivity index (χ3n) is 5.68. The van der Waals surface area contributed by atoms with E-state index in [1.165, 1.54) is 35.2 Å². The van der Waals surface area contributed by atoms with Gasteiger partial charge in [0.25, 0.3) is 0 Å². The van der Waals surface area contributed by atoms with Crippen LogP contribution < -0.4 is 15.5 Å². The predicted molar refractivity (Wildman–Crippen MR) is 125 cm³/mol. The Morgan fingerprint density at radius 3 is 2.68 bits per heavy atom. The number of aromatic nitrogens is 3. The minimum Gasteiger partial charge on any atom is -0.372 e. The van der Waals surface area contributed by atoms with Crippen LogP contribution in [0, 0.1) is 0 Å². The van der Waals surface area contributed by atoms with Crippen LogP contribution in [0.25, 0.3) is 0 Å². The van der Waals surface area contributed by atoms with Crippen molar-refractivity contribution >= 4 is 11.6 Å². The molecule has 7 nitrogen and oxygen atoms in total. The molecule has 0 amide bonds. The fraction of sp³-hybridized carbons (Fsp3) is 0.375. The molecule has 0 spiro atoms. The molecule has 0 saturated carbocycles. The number of hydrogen-bond acceptors (Lipinski definition) is 4. The largest absolute Gasteiger partial charge is 0.372 e. The average Bonchev–Trinajstić information content (AvgIpc) is 3.51. The summed E-state index contributed by atoms with van der Waals surface area (Å²) in [6.45, 7) is 5.90. The van der Waals surface area contributed by atoms with E-state index in [4.69, 9.17) is 0 Å². The van der Waals surface area contributed by atoms with Crippen molar-refractivity contribution < 1.29 is 0 Å². The summed E-state index contributed by atoms with van der Waals surface area (Å²) >= 11 is 0. The molecule has 4 rings (SSSR count). The Morgan fingerprint density at radius 2 is 1.90 bits per heavy atom. The summed E-state index contributed by atoms with van der Waals surface area (Å²) in [5.41, 5.74) is 4.97. The first kappa shape index (κ1) is 20.9. The standard InChI is InChI=1S/C24H31N7/c1-19(22-9-6-10-23(14-22)30-11-3-4-12-30)29-24(25-2)27-15-20-7-5-8-21(13-20)16-31-18-26-17-28-31/h5-10,13-14,17-19H,3-4,11-12,15-16H2,1-2H3,(H2,25,27,29). The number of anilines is 1. The summed E-state index contributed by atoms with van der Waals surface area (Å²) in [5, 5.41) is 11.1. The van der Waals surface area contributed by atoms with E-state index < -0.39 is 0 Å². The number of hydrogen-bond donors (Lipinski definition) is 2. The zero-order valence-corrected chi connectivity index (χ0v) is 18.3. The summed E-state index contributed by atoms with van der Waals surface area (Å²) in [6, 6.07) is 17.5. The van der Waals surface area contributed by atoms with Gasteiger partial charge in [0.15, 0.2) is 5.96 Å². The van der Waals surface area contributed by atoms with E-state index in [9.17, 15) is 0 Å². The maximum Gasteiger partial charge on any atom is 0.191 e. The Morgan fingerprint density at radius 1 is 1.10 bits per heavy atom. The molecule has 2 heterocycles. The molecule has 1 saturated heterocycles. The third-order valence-corrected chi connectivity index (χ3v) is 5.68. The summed E-state index contributed by atoms with van der Waals surface area (Å²) in [6.07, 6.45) is 5.86. The van der Waals surface area contributed by atoms with Crippen LogP contribution >= 0.6 is 0 Å². The fourth-order valence-corrected chi connectivity index (χ4v) is 3.97. The Bertz CT molecular complexity index is 991. The van der Waals surface area contributed by atoms with E-state index in [0.717, 1.165) is 19.0 Å². The zero-order valence-electron chi connectivity index (χ0n) is 18.3. The number of aliphatic imine (C=N–C) groups is 1. The van der Waals surface area contributed by atoms with Crippen molar-refractivity contribution in [1.29, 1.82) is 0 Å². The van der Waals surface area contributed by atoms with E-state index in [-0.39, 0.29) is 6.04 Å². The number of benzene rings is 2. The van der Waals surface area contributed by atoms with Crippen molar-refractivity contribution in [2.24, 2.45) is 4.99 Å². The molecule has 1 fully saturated rings. The fourth-order valence-electron chi connectivity index (χ4n) is 3.97. The smallest absolute Gasteiger partial charge is 0.191 e. The molecule has 2 aromatic carbocycles. The molecular formula is C24H31N7. The highest BCUT2D eigenvalue weighted by molar-refractivity contribution is 5.80. The van der Waals surface area contributed by atoms with Crippen molar-refractivity contribution in [3.63, 3.8) is 0 Å². The molecule has 1 aliphatic rings. The quantitative estimate of drug-likeness (QED) is 0.456. The van der Waals surface area contributed by atoms with Crippen molar-refractivity contribution in [1.82, 2.24) is 25.4 Å². The molecule has 1 aromatic heterocycles. The third kappa shape index (κ3) is 5.63. The summed E-state index contributed by atoms with van der Waals surface area (Å²) in [4.78, 5) is 10.9. The minimum absolute atomic E-state index is 0.160. The van der Waals surface area contributed by atoms with Gasteiger partial charge < -0.3 is 15.5 Å². The van der Waals surface area contributed by atoms with E-state index in [1.54, 1.807) is 12.7 Å². The number of nitrogens with zero attached hydrogens (tertiary/aromatic N) is 5. The SMILES string of the molecule is CN=C(NCc1cccc(Cn2cncn2)c1)NC(C)c1cccc(N2CCCC2)c1. The Labute approximate surface area is 184 Å². The van der Waals surface area contributed by atoms with Crippen LogP contribution in [0.4, 0.5) is 5.69 Å².